The van der Waals surface area contributed by atoms with Crippen LogP contribution in [0.5, 0.6) is 0 Å². The van der Waals surface area contributed by atoms with E-state index in [0.29, 0.717) is 12.1 Å². The maximum Gasteiger partial charge on any atom is 0.433 e. The molecule has 31 heavy (non-hydrogen) atoms. The van der Waals surface area contributed by atoms with E-state index in [1.807, 2.05) is 30.3 Å². The molecule has 0 atom stereocenters. The molecular weight excluding hydrogens is 407 g/mol. The highest BCUT2D eigenvalue weighted by atomic mass is 19.4. The summed E-state index contributed by atoms with van der Waals surface area (Å²) in [4.78, 5) is 23.5. The average Bonchev–Trinajstić information content (AvgIpc) is 2.78. The monoisotopic (exact) mass is 425 g/mol. The highest BCUT2D eigenvalue weighted by Crippen LogP contribution is 2.23. The third-order valence-corrected chi connectivity index (χ3v) is 4.12. The van der Waals surface area contributed by atoms with E-state index in [4.69, 9.17) is 5.73 Å². The minimum absolute atomic E-state index is 0.138. The fourth-order valence-electron chi connectivity index (χ4n) is 2.53. The van der Waals surface area contributed by atoms with Gasteiger partial charge in [-0.3, -0.25) is 9.78 Å². The molecule has 0 saturated carbocycles. The summed E-state index contributed by atoms with van der Waals surface area (Å²) in [5.41, 5.74) is 5.85. The topological polar surface area (TPSA) is 93.3 Å². The van der Waals surface area contributed by atoms with Gasteiger partial charge >= 0.3 is 6.18 Å². The molecule has 6 nitrogen and oxygen atoms in total. The van der Waals surface area contributed by atoms with Crippen molar-refractivity contribution in [3.8, 4) is 0 Å². The van der Waals surface area contributed by atoms with Gasteiger partial charge in [0.25, 0.3) is 5.91 Å². The summed E-state index contributed by atoms with van der Waals surface area (Å²) < 4.78 is 40.2. The van der Waals surface area contributed by atoms with Gasteiger partial charge in [0.1, 0.15) is 5.71 Å². The molecule has 3 rings (SSSR count). The van der Waals surface area contributed by atoms with Gasteiger partial charge in [-0.1, -0.05) is 30.3 Å². The lowest BCUT2D eigenvalue weighted by molar-refractivity contribution is -0.0576. The molecule has 2 heterocycles. The zero-order chi connectivity index (χ0) is 22.3. The third kappa shape index (κ3) is 6.23. The van der Waals surface area contributed by atoms with Crippen molar-refractivity contribution < 1.29 is 18.0 Å². The van der Waals surface area contributed by atoms with Gasteiger partial charge in [0, 0.05) is 36.4 Å². The van der Waals surface area contributed by atoms with Gasteiger partial charge in [-0.25, -0.2) is 9.98 Å². The summed E-state index contributed by atoms with van der Waals surface area (Å²) in [7, 11) is 0. The summed E-state index contributed by atoms with van der Waals surface area (Å²) in [6, 6.07) is 15.0. The molecule has 0 fully saturated rings. The number of benzene rings is 1. The molecule has 3 N–H and O–H groups in total. The van der Waals surface area contributed by atoms with Crippen molar-refractivity contribution in [3.63, 3.8) is 0 Å². The molecule has 0 aliphatic carbocycles. The van der Waals surface area contributed by atoms with Crippen molar-refractivity contribution in [2.75, 3.05) is 0 Å². The van der Waals surface area contributed by atoms with Crippen LogP contribution in [0.1, 0.15) is 21.5 Å². The van der Waals surface area contributed by atoms with E-state index < -0.39 is 17.8 Å². The summed E-state index contributed by atoms with van der Waals surface area (Å²) in [5.74, 6) is -0.606. The quantitative estimate of drug-likeness (QED) is 0.583. The molecule has 1 amide bonds. The van der Waals surface area contributed by atoms with Crippen LogP contribution in [0.4, 0.5) is 19.0 Å². The lowest BCUT2D eigenvalue weighted by atomic mass is 10.2. The van der Waals surface area contributed by atoms with Crippen LogP contribution in [-0.2, 0) is 6.54 Å². The number of hydrogen-bond donors (Lipinski definition) is 2. The Morgan fingerprint density at radius 3 is 2.42 bits per heavy atom. The molecule has 0 aliphatic rings. The second-order valence-corrected chi connectivity index (χ2v) is 6.41. The van der Waals surface area contributed by atoms with Gasteiger partial charge in [0.2, 0.25) is 0 Å². The van der Waals surface area contributed by atoms with Gasteiger partial charge in [0.15, 0.2) is 5.82 Å². The van der Waals surface area contributed by atoms with Crippen LogP contribution in [-0.4, -0.2) is 27.8 Å². The summed E-state index contributed by atoms with van der Waals surface area (Å²) in [6.45, 7) is 0.316. The second-order valence-electron chi connectivity index (χ2n) is 6.41. The molecule has 0 spiro atoms. The van der Waals surface area contributed by atoms with E-state index >= 15 is 0 Å². The van der Waals surface area contributed by atoms with E-state index in [-0.39, 0.29) is 17.1 Å². The van der Waals surface area contributed by atoms with Gasteiger partial charge in [-0.05, 0) is 35.9 Å². The zero-order valence-electron chi connectivity index (χ0n) is 16.2. The van der Waals surface area contributed by atoms with Gasteiger partial charge in [0.05, 0.1) is 5.56 Å². The standard InChI is InChI=1S/C22H18F3N5O/c23-22(24,25)19(11-18(26)16-7-4-10-27-13-16)30-20-9-8-17(14-28-20)21(31)29-12-15-5-2-1-3-6-15/h1-11,13-14H,12,26H2,(H,29,31). The fraction of sp³-hybridized carbons (Fsp3) is 0.0909. The number of nitrogens with one attached hydrogen (secondary N) is 1. The molecule has 0 bridgehead atoms. The molecule has 0 aliphatic heterocycles. The lowest BCUT2D eigenvalue weighted by Gasteiger charge is -2.09. The summed E-state index contributed by atoms with van der Waals surface area (Å²) in [6.07, 6.45) is -0.0291. The fourth-order valence-corrected chi connectivity index (χ4v) is 2.53. The molecule has 2 aromatic heterocycles. The minimum Gasteiger partial charge on any atom is -0.398 e. The number of hydrogen-bond acceptors (Lipinski definition) is 5. The van der Waals surface area contributed by atoms with Crippen molar-refractivity contribution in [2.45, 2.75) is 12.7 Å². The number of aliphatic imine (C=N–C) groups is 1. The first-order valence-electron chi connectivity index (χ1n) is 9.14. The van der Waals surface area contributed by atoms with E-state index in [1.54, 1.807) is 6.07 Å². The highest BCUT2D eigenvalue weighted by Gasteiger charge is 2.34. The van der Waals surface area contributed by atoms with Crippen molar-refractivity contribution in [1.82, 2.24) is 15.3 Å². The molecule has 9 heteroatoms. The largest absolute Gasteiger partial charge is 0.433 e. The third-order valence-electron chi connectivity index (χ3n) is 4.12. The maximum absolute atomic E-state index is 13.4. The molecule has 1 aromatic carbocycles. The Kier molecular flexibility index (Phi) is 6.76. The number of amides is 1. The van der Waals surface area contributed by atoms with E-state index in [2.05, 4.69) is 20.3 Å². The molecule has 0 unspecified atom stereocenters. The van der Waals surface area contributed by atoms with Crippen LogP contribution in [0.3, 0.4) is 0 Å². The molecular formula is C22H18F3N5O. The van der Waals surface area contributed by atoms with Crippen molar-refractivity contribution in [2.24, 2.45) is 10.7 Å². The number of alkyl halides is 3. The number of carbonyl (C=O) groups is 1. The summed E-state index contributed by atoms with van der Waals surface area (Å²) >= 11 is 0. The predicted octanol–water partition coefficient (Wildman–Crippen LogP) is 4.04. The van der Waals surface area contributed by atoms with Crippen LogP contribution in [0.15, 0.2) is 84.3 Å². The first-order valence-corrected chi connectivity index (χ1v) is 9.14. The predicted molar refractivity (Wildman–Crippen MR) is 111 cm³/mol. The van der Waals surface area contributed by atoms with Crippen molar-refractivity contribution in [1.29, 1.82) is 0 Å². The van der Waals surface area contributed by atoms with Gasteiger partial charge in [-0.2, -0.15) is 13.2 Å². The smallest absolute Gasteiger partial charge is 0.398 e. The van der Waals surface area contributed by atoms with Gasteiger partial charge < -0.3 is 11.1 Å². The number of rotatable bonds is 6. The van der Waals surface area contributed by atoms with E-state index in [9.17, 15) is 18.0 Å². The maximum atomic E-state index is 13.4. The lowest BCUT2D eigenvalue weighted by Crippen LogP contribution is -2.23. The number of pyridine rings is 2. The van der Waals surface area contributed by atoms with Gasteiger partial charge in [-0.15, -0.1) is 0 Å². The minimum atomic E-state index is -4.75. The Morgan fingerprint density at radius 2 is 1.81 bits per heavy atom. The summed E-state index contributed by atoms with van der Waals surface area (Å²) in [5, 5.41) is 2.72. The number of halogens is 3. The van der Waals surface area contributed by atoms with E-state index in [0.717, 1.165) is 11.6 Å². The molecule has 0 saturated heterocycles. The van der Waals surface area contributed by atoms with Crippen LogP contribution >= 0.6 is 0 Å². The van der Waals surface area contributed by atoms with Crippen LogP contribution < -0.4 is 11.1 Å². The number of carbonyl (C=O) groups excluding carboxylic acids is 1. The number of allylic oxidation sites excluding steroid dienone is 1. The Labute approximate surface area is 176 Å². The van der Waals surface area contributed by atoms with Crippen molar-refractivity contribution in [3.05, 3.63) is 96.0 Å². The first kappa shape index (κ1) is 21.7. The number of nitrogens with zero attached hydrogens (tertiary/aromatic N) is 3. The Bertz CT molecular complexity index is 1080. The highest BCUT2D eigenvalue weighted by molar-refractivity contribution is 6.05. The average molecular weight is 425 g/mol. The SMILES string of the molecule is NC(=CC(=Nc1ccc(C(=O)NCc2ccccc2)cn1)C(F)(F)F)c1cccnc1. The van der Waals surface area contributed by atoms with Crippen molar-refractivity contribution >= 4 is 23.1 Å². The zero-order valence-corrected chi connectivity index (χ0v) is 16.2. The normalized spacial score (nSPS) is 12.5. The molecule has 158 valence electrons. The number of aromatic nitrogens is 2. The van der Waals surface area contributed by atoms with Crippen LogP contribution in [0, 0.1) is 0 Å². The second kappa shape index (κ2) is 9.66. The Morgan fingerprint density at radius 1 is 1.03 bits per heavy atom. The Hall–Kier alpha value is -4.01. The van der Waals surface area contributed by atoms with Crippen LogP contribution in [0.2, 0.25) is 0 Å². The van der Waals surface area contributed by atoms with Crippen LogP contribution in [0.25, 0.3) is 5.70 Å². The van der Waals surface area contributed by atoms with E-state index in [1.165, 1.54) is 36.8 Å². The molecule has 3 aromatic rings. The first-order chi connectivity index (χ1) is 14.8. The molecule has 0 radical (unpaired) electrons. The Balaban J connectivity index is 1.76. The number of nitrogens with two attached hydrogens (primary N) is 1.